The summed E-state index contributed by atoms with van der Waals surface area (Å²) in [4.78, 5) is 26.0. The Morgan fingerprint density at radius 2 is 1.68 bits per heavy atom. The third-order valence-corrected chi connectivity index (χ3v) is 12.7. The molecular formula is C34H56O3. The van der Waals surface area contributed by atoms with Gasteiger partial charge < -0.3 is 4.74 Å². The molecular weight excluding hydrogens is 456 g/mol. The number of allylic oxidation sites excluding steroid dienone is 2. The molecule has 0 N–H and O–H groups in total. The van der Waals surface area contributed by atoms with Crippen LogP contribution in [0, 0.1) is 56.7 Å². The van der Waals surface area contributed by atoms with Crippen molar-refractivity contribution < 1.29 is 14.3 Å². The lowest BCUT2D eigenvalue weighted by atomic mass is 9.42. The highest BCUT2D eigenvalue weighted by atomic mass is 16.5. The highest BCUT2D eigenvalue weighted by Gasteiger charge is 2.67. The summed E-state index contributed by atoms with van der Waals surface area (Å²) < 4.78 is 6.11. The molecule has 1 unspecified atom stereocenters. The van der Waals surface area contributed by atoms with Crippen LogP contribution in [0.25, 0.3) is 0 Å². The topological polar surface area (TPSA) is 43.4 Å². The molecule has 0 aromatic heterocycles. The molecule has 0 aliphatic heterocycles. The average molecular weight is 513 g/mol. The Hall–Kier alpha value is -1.12. The van der Waals surface area contributed by atoms with E-state index in [0.29, 0.717) is 29.5 Å². The molecule has 4 rings (SSSR count). The Bertz CT molecular complexity index is 953. The Kier molecular flexibility index (Phi) is 7.20. The predicted octanol–water partition coefficient (Wildman–Crippen LogP) is 8.80. The average Bonchev–Trinajstić information content (AvgIpc) is 3.04. The van der Waals surface area contributed by atoms with Gasteiger partial charge in [0.25, 0.3) is 0 Å². The summed E-state index contributed by atoms with van der Waals surface area (Å²) in [6, 6.07) is 0. The Balaban J connectivity index is 1.69. The largest absolute Gasteiger partial charge is 0.462 e. The number of fused-ring (bicyclic) bond motifs is 5. The summed E-state index contributed by atoms with van der Waals surface area (Å²) in [7, 11) is 0. The molecule has 210 valence electrons. The molecule has 3 nitrogen and oxygen atoms in total. The number of ether oxygens (including phenoxy) is 1. The molecule has 3 fully saturated rings. The summed E-state index contributed by atoms with van der Waals surface area (Å²) in [5.74, 6) is 2.71. The van der Waals surface area contributed by atoms with E-state index in [-0.39, 0.29) is 45.1 Å². The molecule has 3 saturated carbocycles. The minimum Gasteiger partial charge on any atom is -0.462 e. The number of ketones is 1. The molecule has 0 heterocycles. The van der Waals surface area contributed by atoms with Gasteiger partial charge in [0.15, 0.2) is 5.78 Å². The van der Waals surface area contributed by atoms with Gasteiger partial charge in [0.05, 0.1) is 0 Å². The molecule has 0 bridgehead atoms. The molecule has 9 atom stereocenters. The molecule has 0 amide bonds. The molecule has 0 spiro atoms. The van der Waals surface area contributed by atoms with Gasteiger partial charge in [-0.05, 0) is 103 Å². The first kappa shape index (κ1) is 28.9. The molecule has 37 heavy (non-hydrogen) atoms. The van der Waals surface area contributed by atoms with Gasteiger partial charge in [-0.25, -0.2) is 0 Å². The lowest BCUT2D eigenvalue weighted by Crippen LogP contribution is -2.57. The molecule has 0 radical (unpaired) electrons. The molecule has 3 heteroatoms. The van der Waals surface area contributed by atoms with E-state index >= 15 is 0 Å². The van der Waals surface area contributed by atoms with Gasteiger partial charge >= 0.3 is 5.97 Å². The maximum atomic E-state index is 13.7. The smallest absolute Gasteiger partial charge is 0.302 e. The summed E-state index contributed by atoms with van der Waals surface area (Å²) >= 11 is 0. The minimum atomic E-state index is -0.165. The summed E-state index contributed by atoms with van der Waals surface area (Å²) in [5, 5.41) is 0. The lowest BCUT2D eigenvalue weighted by molar-refractivity contribution is -0.161. The maximum Gasteiger partial charge on any atom is 0.302 e. The fourth-order valence-electron chi connectivity index (χ4n) is 10.0. The fraction of sp³-hybridized carbons (Fsp3) is 0.882. The van der Waals surface area contributed by atoms with Crippen molar-refractivity contribution in [1.29, 1.82) is 0 Å². The molecule has 0 saturated heterocycles. The third kappa shape index (κ3) is 4.57. The van der Waals surface area contributed by atoms with E-state index in [1.165, 1.54) is 24.8 Å². The van der Waals surface area contributed by atoms with E-state index in [1.54, 1.807) is 6.92 Å². The monoisotopic (exact) mass is 512 g/mol. The van der Waals surface area contributed by atoms with Crippen molar-refractivity contribution in [3.63, 3.8) is 0 Å². The highest BCUT2D eigenvalue weighted by molar-refractivity contribution is 5.94. The quantitative estimate of drug-likeness (QED) is 0.346. The highest BCUT2D eigenvalue weighted by Crippen LogP contribution is 2.73. The number of esters is 1. The fourth-order valence-corrected chi connectivity index (χ4v) is 10.0. The second kappa shape index (κ2) is 9.22. The van der Waals surface area contributed by atoms with Gasteiger partial charge in [0.2, 0.25) is 0 Å². The van der Waals surface area contributed by atoms with Crippen molar-refractivity contribution >= 4 is 11.8 Å². The number of rotatable bonds is 5. The van der Waals surface area contributed by atoms with Crippen LogP contribution in [-0.2, 0) is 14.3 Å². The minimum absolute atomic E-state index is 0.0264. The van der Waals surface area contributed by atoms with Crippen LogP contribution in [-0.4, -0.2) is 17.9 Å². The van der Waals surface area contributed by atoms with E-state index in [0.717, 1.165) is 32.1 Å². The number of carbonyl (C=O) groups is 2. The van der Waals surface area contributed by atoms with Crippen LogP contribution in [0.1, 0.15) is 128 Å². The van der Waals surface area contributed by atoms with E-state index in [9.17, 15) is 9.59 Å². The summed E-state index contributed by atoms with van der Waals surface area (Å²) in [5.41, 5.74) is 1.77. The first-order chi connectivity index (χ1) is 16.9. The summed E-state index contributed by atoms with van der Waals surface area (Å²) in [6.45, 7) is 25.3. The van der Waals surface area contributed by atoms with E-state index in [1.807, 2.05) is 0 Å². The van der Waals surface area contributed by atoms with Gasteiger partial charge in [0, 0.05) is 18.3 Å². The molecule has 4 aliphatic carbocycles. The van der Waals surface area contributed by atoms with Crippen LogP contribution in [0.3, 0.4) is 0 Å². The third-order valence-electron chi connectivity index (χ3n) is 12.7. The van der Waals surface area contributed by atoms with Gasteiger partial charge in [-0.2, -0.15) is 0 Å². The predicted molar refractivity (Wildman–Crippen MR) is 152 cm³/mol. The first-order valence-electron chi connectivity index (χ1n) is 15.3. The van der Waals surface area contributed by atoms with E-state index < -0.39 is 0 Å². The normalized spacial score (nSPS) is 42.8. The van der Waals surface area contributed by atoms with Crippen molar-refractivity contribution in [1.82, 2.24) is 0 Å². The Morgan fingerprint density at radius 3 is 2.27 bits per heavy atom. The van der Waals surface area contributed by atoms with Gasteiger partial charge in [0.1, 0.15) is 6.10 Å². The van der Waals surface area contributed by atoms with Gasteiger partial charge in [-0.1, -0.05) is 74.8 Å². The standard InChI is InChI=1S/C34H56O3/c1-21-18-26-27(36)19-25-24(32(26,9)20-22(21)2)12-16-34(11)28(13-17-33(25,34)10)31(7,8)29(37-23(3)35)14-15-30(4,5)6/h19,21-22,24,26,28-29H,12-18,20H2,1-11H3/t21-,22+,24?,26+,28-,29-,32-,33+,34-/m1/s1. The zero-order chi connectivity index (χ0) is 27.8. The second-order valence-electron chi connectivity index (χ2n) is 16.4. The van der Waals surface area contributed by atoms with Crippen LogP contribution in [0.5, 0.6) is 0 Å². The van der Waals surface area contributed by atoms with E-state index in [2.05, 4.69) is 75.3 Å². The van der Waals surface area contributed by atoms with Crippen molar-refractivity contribution in [2.75, 3.05) is 0 Å². The van der Waals surface area contributed by atoms with Crippen molar-refractivity contribution in [3.8, 4) is 0 Å². The maximum absolute atomic E-state index is 13.7. The SMILES string of the molecule is CC(=O)O[C@H](CCC(C)(C)C)C(C)(C)[C@H]1CC[C@@]2(C)C3=CC(=O)[C@@H]4C[C@@H](C)[C@@H](C)C[C@]4(C)C3CC[C@]12C. The molecule has 4 aliphatic rings. The number of hydrogen-bond acceptors (Lipinski definition) is 3. The number of hydrogen-bond donors (Lipinski definition) is 0. The second-order valence-corrected chi connectivity index (χ2v) is 16.4. The van der Waals surface area contributed by atoms with Gasteiger partial charge in [-0.3, -0.25) is 9.59 Å². The van der Waals surface area contributed by atoms with Crippen molar-refractivity contribution in [2.24, 2.45) is 56.7 Å². The lowest BCUT2D eigenvalue weighted by Gasteiger charge is -2.62. The zero-order valence-corrected chi connectivity index (χ0v) is 25.9. The van der Waals surface area contributed by atoms with Crippen molar-refractivity contribution in [3.05, 3.63) is 11.6 Å². The number of carbonyl (C=O) groups excluding carboxylic acids is 2. The van der Waals surface area contributed by atoms with Crippen LogP contribution in [0.15, 0.2) is 11.6 Å². The first-order valence-corrected chi connectivity index (χ1v) is 15.3. The molecule has 0 aromatic rings. The van der Waals surface area contributed by atoms with Crippen LogP contribution in [0.2, 0.25) is 0 Å². The van der Waals surface area contributed by atoms with Gasteiger partial charge in [-0.15, -0.1) is 0 Å². The van der Waals surface area contributed by atoms with Crippen molar-refractivity contribution in [2.45, 2.75) is 134 Å². The molecule has 0 aromatic carbocycles. The zero-order valence-electron chi connectivity index (χ0n) is 25.9. The Labute approximate surface area is 228 Å². The van der Waals surface area contributed by atoms with Crippen LogP contribution >= 0.6 is 0 Å². The van der Waals surface area contributed by atoms with E-state index in [4.69, 9.17) is 4.74 Å². The Morgan fingerprint density at radius 1 is 1.03 bits per heavy atom. The summed E-state index contributed by atoms with van der Waals surface area (Å²) in [6.07, 6.45) is 10.9. The van der Waals surface area contributed by atoms with Crippen LogP contribution < -0.4 is 0 Å². The van der Waals surface area contributed by atoms with Crippen LogP contribution in [0.4, 0.5) is 0 Å².